The van der Waals surface area contributed by atoms with Crippen LogP contribution in [0, 0.1) is 13.8 Å². The van der Waals surface area contributed by atoms with Crippen LogP contribution in [0.1, 0.15) is 42.0 Å². The largest absolute Gasteiger partial charge is 0.484 e. The third kappa shape index (κ3) is 5.83. The SMILES string of the molecule is Cc1cc(C)cc(OCC(=O)NC[C@H](c2ccccc2)N2CCCCC2)c1. The minimum atomic E-state index is -0.0768. The van der Waals surface area contributed by atoms with Gasteiger partial charge in [0.25, 0.3) is 5.91 Å². The van der Waals surface area contributed by atoms with Gasteiger partial charge in [-0.25, -0.2) is 0 Å². The first-order chi connectivity index (χ1) is 13.1. The van der Waals surface area contributed by atoms with Crippen LogP contribution in [0.3, 0.4) is 0 Å². The molecule has 0 aromatic heterocycles. The van der Waals surface area contributed by atoms with Crippen molar-refractivity contribution in [3.63, 3.8) is 0 Å². The van der Waals surface area contributed by atoms with Gasteiger partial charge in [0.2, 0.25) is 0 Å². The Kier molecular flexibility index (Phi) is 6.88. The molecule has 2 aromatic rings. The highest BCUT2D eigenvalue weighted by Crippen LogP contribution is 2.24. The number of nitrogens with zero attached hydrogens (tertiary/aromatic N) is 1. The molecule has 0 bridgehead atoms. The van der Waals surface area contributed by atoms with Crippen LogP contribution in [0.5, 0.6) is 5.75 Å². The fourth-order valence-corrected chi connectivity index (χ4v) is 3.79. The fourth-order valence-electron chi connectivity index (χ4n) is 3.79. The zero-order valence-corrected chi connectivity index (χ0v) is 16.4. The lowest BCUT2D eigenvalue weighted by Gasteiger charge is -2.35. The summed E-state index contributed by atoms with van der Waals surface area (Å²) in [7, 11) is 0. The van der Waals surface area contributed by atoms with E-state index in [1.807, 2.05) is 32.0 Å². The Balaban J connectivity index is 1.56. The van der Waals surface area contributed by atoms with Crippen LogP contribution in [-0.4, -0.2) is 37.0 Å². The van der Waals surface area contributed by atoms with E-state index in [0.717, 1.165) is 30.0 Å². The molecule has 1 aliphatic heterocycles. The van der Waals surface area contributed by atoms with Gasteiger partial charge in [-0.15, -0.1) is 0 Å². The Labute approximate surface area is 162 Å². The molecule has 1 N–H and O–H groups in total. The molecule has 4 heteroatoms. The Hall–Kier alpha value is -2.33. The smallest absolute Gasteiger partial charge is 0.258 e. The first-order valence-corrected chi connectivity index (χ1v) is 9.88. The summed E-state index contributed by atoms with van der Waals surface area (Å²) in [6, 6.07) is 16.7. The number of amides is 1. The van der Waals surface area contributed by atoms with Gasteiger partial charge in [0, 0.05) is 6.54 Å². The summed E-state index contributed by atoms with van der Waals surface area (Å²) < 4.78 is 5.69. The standard InChI is InChI=1S/C23H30N2O2/c1-18-13-19(2)15-21(14-18)27-17-23(26)24-16-22(20-9-5-3-6-10-20)25-11-7-4-8-12-25/h3,5-6,9-10,13-15,22H,4,7-8,11-12,16-17H2,1-2H3,(H,24,26)/t22-/m1/s1. The molecule has 0 radical (unpaired) electrons. The van der Waals surface area contributed by atoms with Crippen molar-refractivity contribution in [1.29, 1.82) is 0 Å². The lowest BCUT2D eigenvalue weighted by Crippen LogP contribution is -2.41. The molecule has 2 aromatic carbocycles. The number of benzene rings is 2. The summed E-state index contributed by atoms with van der Waals surface area (Å²) in [6.07, 6.45) is 3.76. The van der Waals surface area contributed by atoms with Crippen LogP contribution in [0.4, 0.5) is 0 Å². The van der Waals surface area contributed by atoms with Crippen LogP contribution < -0.4 is 10.1 Å². The van der Waals surface area contributed by atoms with E-state index in [2.05, 4.69) is 40.5 Å². The van der Waals surface area contributed by atoms with Crippen LogP contribution in [-0.2, 0) is 4.79 Å². The van der Waals surface area contributed by atoms with E-state index in [0.29, 0.717) is 6.54 Å². The van der Waals surface area contributed by atoms with Crippen molar-refractivity contribution >= 4 is 5.91 Å². The molecule has 0 aliphatic carbocycles. The van der Waals surface area contributed by atoms with Crippen LogP contribution in [0.2, 0.25) is 0 Å². The van der Waals surface area contributed by atoms with Gasteiger partial charge in [-0.2, -0.15) is 0 Å². The first kappa shape index (κ1) is 19.4. The third-order valence-electron chi connectivity index (χ3n) is 5.07. The number of hydrogen-bond donors (Lipinski definition) is 1. The zero-order chi connectivity index (χ0) is 19.1. The van der Waals surface area contributed by atoms with E-state index in [1.165, 1.54) is 24.8 Å². The van der Waals surface area contributed by atoms with E-state index in [4.69, 9.17) is 4.74 Å². The average molecular weight is 367 g/mol. The van der Waals surface area contributed by atoms with Crippen LogP contribution in [0.15, 0.2) is 48.5 Å². The fraction of sp³-hybridized carbons (Fsp3) is 0.435. The van der Waals surface area contributed by atoms with Gasteiger partial charge < -0.3 is 10.1 Å². The number of carbonyl (C=O) groups excluding carboxylic acids is 1. The zero-order valence-electron chi connectivity index (χ0n) is 16.4. The van der Waals surface area contributed by atoms with Crippen molar-refractivity contribution in [2.45, 2.75) is 39.2 Å². The Morgan fingerprint density at radius 1 is 1.04 bits per heavy atom. The molecule has 1 atom stereocenters. The monoisotopic (exact) mass is 366 g/mol. The predicted octanol–water partition coefficient (Wildman–Crippen LogP) is 4.03. The number of nitrogens with one attached hydrogen (secondary N) is 1. The average Bonchev–Trinajstić information content (AvgIpc) is 2.67. The highest BCUT2D eigenvalue weighted by molar-refractivity contribution is 5.77. The second kappa shape index (κ2) is 9.56. The van der Waals surface area contributed by atoms with Crippen molar-refractivity contribution in [2.24, 2.45) is 0 Å². The maximum Gasteiger partial charge on any atom is 0.258 e. The second-order valence-corrected chi connectivity index (χ2v) is 7.44. The van der Waals surface area contributed by atoms with Gasteiger partial charge in [-0.3, -0.25) is 9.69 Å². The minimum Gasteiger partial charge on any atom is -0.484 e. The number of rotatable bonds is 7. The minimum absolute atomic E-state index is 0.0460. The topological polar surface area (TPSA) is 41.6 Å². The van der Waals surface area contributed by atoms with Gasteiger partial charge in [0.15, 0.2) is 6.61 Å². The number of ether oxygens (including phenoxy) is 1. The van der Waals surface area contributed by atoms with Crippen LogP contribution >= 0.6 is 0 Å². The second-order valence-electron chi connectivity index (χ2n) is 7.44. The van der Waals surface area contributed by atoms with E-state index < -0.39 is 0 Å². The number of likely N-dealkylation sites (tertiary alicyclic amines) is 1. The van der Waals surface area contributed by atoms with Crippen molar-refractivity contribution in [3.8, 4) is 5.75 Å². The summed E-state index contributed by atoms with van der Waals surface area (Å²) in [5.74, 6) is 0.672. The maximum atomic E-state index is 12.4. The molecule has 0 saturated carbocycles. The van der Waals surface area contributed by atoms with E-state index in [1.54, 1.807) is 0 Å². The van der Waals surface area contributed by atoms with Gasteiger partial charge in [-0.1, -0.05) is 42.8 Å². The summed E-state index contributed by atoms with van der Waals surface area (Å²) in [5, 5.41) is 3.07. The molecule has 1 fully saturated rings. The summed E-state index contributed by atoms with van der Waals surface area (Å²) in [6.45, 7) is 6.90. The van der Waals surface area contributed by atoms with Crippen molar-refractivity contribution in [3.05, 3.63) is 65.2 Å². The first-order valence-electron chi connectivity index (χ1n) is 9.88. The van der Waals surface area contributed by atoms with Crippen molar-refractivity contribution in [1.82, 2.24) is 10.2 Å². The predicted molar refractivity (Wildman–Crippen MR) is 109 cm³/mol. The van der Waals surface area contributed by atoms with E-state index >= 15 is 0 Å². The number of hydrogen-bond acceptors (Lipinski definition) is 3. The Morgan fingerprint density at radius 2 is 1.70 bits per heavy atom. The van der Waals surface area contributed by atoms with Gasteiger partial charge >= 0.3 is 0 Å². The van der Waals surface area contributed by atoms with Crippen LogP contribution in [0.25, 0.3) is 0 Å². The highest BCUT2D eigenvalue weighted by atomic mass is 16.5. The molecule has 1 heterocycles. The highest BCUT2D eigenvalue weighted by Gasteiger charge is 2.22. The lowest BCUT2D eigenvalue weighted by atomic mass is 10.0. The molecule has 3 rings (SSSR count). The molecule has 1 saturated heterocycles. The van der Waals surface area contributed by atoms with E-state index in [-0.39, 0.29) is 18.6 Å². The van der Waals surface area contributed by atoms with Crippen molar-refractivity contribution in [2.75, 3.05) is 26.2 Å². The molecular weight excluding hydrogens is 336 g/mol. The third-order valence-corrected chi connectivity index (χ3v) is 5.07. The molecule has 1 aliphatic rings. The molecule has 0 unspecified atom stereocenters. The lowest BCUT2D eigenvalue weighted by molar-refractivity contribution is -0.123. The summed E-state index contributed by atoms with van der Waals surface area (Å²) in [4.78, 5) is 14.8. The Morgan fingerprint density at radius 3 is 2.37 bits per heavy atom. The molecule has 0 spiro atoms. The quantitative estimate of drug-likeness (QED) is 0.804. The van der Waals surface area contributed by atoms with Gasteiger partial charge in [0.05, 0.1) is 6.04 Å². The maximum absolute atomic E-state index is 12.4. The summed E-state index contributed by atoms with van der Waals surface area (Å²) >= 11 is 0. The molecule has 144 valence electrons. The Bertz CT molecular complexity index is 719. The van der Waals surface area contributed by atoms with Gasteiger partial charge in [0.1, 0.15) is 5.75 Å². The number of carbonyl (C=O) groups is 1. The molecule has 1 amide bonds. The summed E-state index contributed by atoms with van der Waals surface area (Å²) in [5.41, 5.74) is 3.54. The molecule has 27 heavy (non-hydrogen) atoms. The normalized spacial score (nSPS) is 15.9. The van der Waals surface area contributed by atoms with Gasteiger partial charge in [-0.05, 0) is 68.6 Å². The number of piperidine rings is 1. The molecular formula is C23H30N2O2. The van der Waals surface area contributed by atoms with Crippen molar-refractivity contribution < 1.29 is 9.53 Å². The molecule has 4 nitrogen and oxygen atoms in total. The van der Waals surface area contributed by atoms with E-state index in [9.17, 15) is 4.79 Å². The number of aryl methyl sites for hydroxylation is 2.